The zero-order chi connectivity index (χ0) is 17.2. The van der Waals surface area contributed by atoms with Crippen molar-refractivity contribution in [3.8, 4) is 0 Å². The molecule has 0 unspecified atom stereocenters. The van der Waals surface area contributed by atoms with Crippen LogP contribution >= 0.6 is 0 Å². The van der Waals surface area contributed by atoms with Crippen LogP contribution in [0.5, 0.6) is 0 Å². The van der Waals surface area contributed by atoms with E-state index in [2.05, 4.69) is 9.97 Å². The number of carbonyl (C=O) groups is 1. The Morgan fingerprint density at radius 2 is 1.88 bits per heavy atom. The molecular weight excluding hydrogens is 321 g/mol. The van der Waals surface area contributed by atoms with E-state index in [-0.39, 0.29) is 24.4 Å². The van der Waals surface area contributed by atoms with Crippen LogP contribution in [-0.4, -0.2) is 15.9 Å². The third-order valence-electron chi connectivity index (χ3n) is 3.41. The molecule has 3 aromatic rings. The number of ether oxygens (including phenoxy) is 1. The largest absolute Gasteiger partial charge is 0.460 e. The van der Waals surface area contributed by atoms with Crippen molar-refractivity contribution in [3.63, 3.8) is 0 Å². The van der Waals surface area contributed by atoms with E-state index in [4.69, 9.17) is 4.74 Å². The Kier molecular flexibility index (Phi) is 4.24. The Balaban J connectivity index is 1.67. The molecule has 0 radical (unpaired) electrons. The van der Waals surface area contributed by atoms with E-state index in [0.717, 1.165) is 17.7 Å². The van der Waals surface area contributed by atoms with E-state index in [1.165, 1.54) is 6.07 Å². The number of hydrogen-bond donors (Lipinski definition) is 1. The summed E-state index contributed by atoms with van der Waals surface area (Å²) in [5, 5.41) is 0. The molecule has 7 heteroatoms. The summed E-state index contributed by atoms with van der Waals surface area (Å²) in [5.74, 6) is -0.239. The van der Waals surface area contributed by atoms with Gasteiger partial charge in [0.15, 0.2) is 0 Å². The van der Waals surface area contributed by atoms with E-state index in [0.29, 0.717) is 5.52 Å². The number of aromatic amines is 1. The van der Waals surface area contributed by atoms with Crippen molar-refractivity contribution < 1.29 is 22.7 Å². The van der Waals surface area contributed by atoms with Crippen LogP contribution in [0.2, 0.25) is 0 Å². The first kappa shape index (κ1) is 16.0. The number of nitrogens with zero attached hydrogens (tertiary/aromatic N) is 1. The average Bonchev–Trinajstić information content (AvgIpc) is 2.94. The lowest BCUT2D eigenvalue weighted by molar-refractivity contribution is -0.144. The number of fused-ring (bicyclic) bond motifs is 1. The van der Waals surface area contributed by atoms with E-state index >= 15 is 0 Å². The second-order valence-electron chi connectivity index (χ2n) is 5.24. The van der Waals surface area contributed by atoms with Gasteiger partial charge in [-0.05, 0) is 23.8 Å². The van der Waals surface area contributed by atoms with Gasteiger partial charge in [-0.3, -0.25) is 4.79 Å². The smallest absolute Gasteiger partial charge is 0.416 e. The number of hydrogen-bond acceptors (Lipinski definition) is 3. The molecule has 1 aromatic heterocycles. The summed E-state index contributed by atoms with van der Waals surface area (Å²) in [6.07, 6.45) is -4.56. The first-order valence-corrected chi connectivity index (χ1v) is 7.17. The molecule has 24 heavy (non-hydrogen) atoms. The summed E-state index contributed by atoms with van der Waals surface area (Å²) in [5.41, 5.74) is 0.687. The molecule has 0 amide bonds. The predicted molar refractivity (Wildman–Crippen MR) is 81.0 cm³/mol. The summed E-state index contributed by atoms with van der Waals surface area (Å²) in [7, 11) is 0. The van der Waals surface area contributed by atoms with Crippen molar-refractivity contribution in [2.75, 3.05) is 0 Å². The first-order valence-electron chi connectivity index (χ1n) is 7.17. The Hall–Kier alpha value is -2.83. The minimum Gasteiger partial charge on any atom is -0.460 e. The van der Waals surface area contributed by atoms with Crippen LogP contribution in [0.25, 0.3) is 11.0 Å². The number of H-pyrrole nitrogens is 1. The Morgan fingerprint density at radius 3 is 2.58 bits per heavy atom. The maximum atomic E-state index is 12.7. The average molecular weight is 334 g/mol. The van der Waals surface area contributed by atoms with Gasteiger partial charge in [-0.25, -0.2) is 4.98 Å². The Morgan fingerprint density at radius 1 is 1.12 bits per heavy atom. The van der Waals surface area contributed by atoms with Crippen LogP contribution in [0.15, 0.2) is 48.5 Å². The molecule has 0 aliphatic heterocycles. The number of imidazole rings is 1. The topological polar surface area (TPSA) is 55.0 Å². The lowest BCUT2D eigenvalue weighted by Gasteiger charge is -2.05. The van der Waals surface area contributed by atoms with Crippen LogP contribution in [0, 0.1) is 0 Å². The van der Waals surface area contributed by atoms with Gasteiger partial charge in [-0.1, -0.05) is 30.3 Å². The van der Waals surface area contributed by atoms with Crippen LogP contribution in [0.1, 0.15) is 17.0 Å². The summed E-state index contributed by atoms with van der Waals surface area (Å²) < 4.78 is 43.2. The van der Waals surface area contributed by atoms with Crippen LogP contribution in [0.3, 0.4) is 0 Å². The summed E-state index contributed by atoms with van der Waals surface area (Å²) in [4.78, 5) is 18.7. The fourth-order valence-corrected chi connectivity index (χ4v) is 2.25. The monoisotopic (exact) mass is 334 g/mol. The molecule has 1 heterocycles. The standard InChI is InChI=1S/C17H13F3N2O2/c18-17(19,20)12-6-7-13-14(8-12)22-15(21-13)9-16(23)24-10-11-4-2-1-3-5-11/h1-8H,9-10H2,(H,21,22). The third kappa shape index (κ3) is 3.73. The highest BCUT2D eigenvalue weighted by atomic mass is 19.4. The molecule has 0 aliphatic carbocycles. The number of aromatic nitrogens is 2. The van der Waals surface area contributed by atoms with Gasteiger partial charge in [0.1, 0.15) is 18.9 Å². The highest BCUT2D eigenvalue weighted by Gasteiger charge is 2.30. The molecule has 0 spiro atoms. The van der Waals surface area contributed by atoms with Gasteiger partial charge in [-0.15, -0.1) is 0 Å². The summed E-state index contributed by atoms with van der Waals surface area (Å²) >= 11 is 0. The quantitative estimate of drug-likeness (QED) is 0.737. The van der Waals surface area contributed by atoms with Crippen molar-refractivity contribution in [1.29, 1.82) is 0 Å². The molecule has 1 N–H and O–H groups in total. The van der Waals surface area contributed by atoms with Crippen molar-refractivity contribution in [3.05, 3.63) is 65.5 Å². The van der Waals surface area contributed by atoms with E-state index in [9.17, 15) is 18.0 Å². The highest BCUT2D eigenvalue weighted by Crippen LogP contribution is 2.30. The Labute approximate surface area is 135 Å². The van der Waals surface area contributed by atoms with Gasteiger partial charge < -0.3 is 9.72 Å². The fourth-order valence-electron chi connectivity index (χ4n) is 2.25. The lowest BCUT2D eigenvalue weighted by atomic mass is 10.2. The first-order chi connectivity index (χ1) is 11.4. The van der Waals surface area contributed by atoms with Gasteiger partial charge >= 0.3 is 12.1 Å². The van der Waals surface area contributed by atoms with Crippen LogP contribution in [-0.2, 0) is 28.7 Å². The molecule has 0 fully saturated rings. The second-order valence-corrected chi connectivity index (χ2v) is 5.24. The van der Waals surface area contributed by atoms with Crippen LogP contribution < -0.4 is 0 Å². The van der Waals surface area contributed by atoms with E-state index < -0.39 is 17.7 Å². The zero-order valence-corrected chi connectivity index (χ0v) is 12.4. The number of halogens is 3. The Bertz CT molecular complexity index is 857. The molecule has 4 nitrogen and oxygen atoms in total. The highest BCUT2D eigenvalue weighted by molar-refractivity contribution is 5.78. The van der Waals surface area contributed by atoms with Gasteiger partial charge in [0.25, 0.3) is 0 Å². The van der Waals surface area contributed by atoms with Crippen LogP contribution in [0.4, 0.5) is 13.2 Å². The molecule has 2 aromatic carbocycles. The second kappa shape index (κ2) is 6.35. The number of nitrogens with one attached hydrogen (secondary N) is 1. The minimum atomic E-state index is -4.42. The molecular formula is C17H13F3N2O2. The number of carbonyl (C=O) groups excluding carboxylic acids is 1. The van der Waals surface area contributed by atoms with Gasteiger partial charge in [0.05, 0.1) is 16.6 Å². The molecule has 0 saturated carbocycles. The molecule has 124 valence electrons. The SMILES string of the molecule is O=C(Cc1nc2ccc(C(F)(F)F)cc2[nH]1)OCc1ccccc1. The summed E-state index contributed by atoms with van der Waals surface area (Å²) in [6, 6.07) is 12.4. The fraction of sp³-hybridized carbons (Fsp3) is 0.176. The third-order valence-corrected chi connectivity index (χ3v) is 3.41. The lowest BCUT2D eigenvalue weighted by Crippen LogP contribution is -2.09. The van der Waals surface area contributed by atoms with Crippen molar-refractivity contribution >= 4 is 17.0 Å². The zero-order valence-electron chi connectivity index (χ0n) is 12.4. The maximum Gasteiger partial charge on any atom is 0.416 e. The molecule has 0 aliphatic rings. The number of alkyl halides is 3. The van der Waals surface area contributed by atoms with Gasteiger partial charge in [0, 0.05) is 0 Å². The molecule has 0 atom stereocenters. The van der Waals surface area contributed by atoms with Gasteiger partial charge in [-0.2, -0.15) is 13.2 Å². The number of esters is 1. The van der Waals surface area contributed by atoms with Crippen molar-refractivity contribution in [1.82, 2.24) is 9.97 Å². The van der Waals surface area contributed by atoms with E-state index in [1.807, 2.05) is 30.3 Å². The molecule has 3 rings (SSSR count). The van der Waals surface area contributed by atoms with E-state index in [1.54, 1.807) is 0 Å². The number of benzene rings is 2. The van der Waals surface area contributed by atoms with Crippen molar-refractivity contribution in [2.45, 2.75) is 19.2 Å². The molecule has 0 saturated heterocycles. The number of rotatable bonds is 4. The normalized spacial score (nSPS) is 11.6. The van der Waals surface area contributed by atoms with Crippen molar-refractivity contribution in [2.24, 2.45) is 0 Å². The van der Waals surface area contributed by atoms with Gasteiger partial charge in [0.2, 0.25) is 0 Å². The summed E-state index contributed by atoms with van der Waals surface area (Å²) in [6.45, 7) is 0.137. The predicted octanol–water partition coefficient (Wildman–Crippen LogP) is 3.87. The molecule has 0 bridgehead atoms. The maximum absolute atomic E-state index is 12.7. The minimum absolute atomic E-state index is 0.136.